The topological polar surface area (TPSA) is 46.5 Å². The molecule has 1 N–H and O–H groups in total. The first-order valence-corrected chi connectivity index (χ1v) is 11.1. The van der Waals surface area contributed by atoms with Crippen LogP contribution in [0.25, 0.3) is 0 Å². The minimum atomic E-state index is -1.32. The van der Waals surface area contributed by atoms with Gasteiger partial charge in [0, 0.05) is 0 Å². The van der Waals surface area contributed by atoms with Gasteiger partial charge < -0.3 is 9.84 Å². The van der Waals surface area contributed by atoms with Crippen molar-refractivity contribution in [3.63, 3.8) is 0 Å². The van der Waals surface area contributed by atoms with Gasteiger partial charge in [0.25, 0.3) is 0 Å². The summed E-state index contributed by atoms with van der Waals surface area (Å²) in [6.45, 7) is 4.22. The van der Waals surface area contributed by atoms with E-state index in [0.717, 1.165) is 19.3 Å². The van der Waals surface area contributed by atoms with Crippen LogP contribution in [-0.4, -0.2) is 30.0 Å². The Morgan fingerprint density at radius 3 is 1.65 bits per heavy atom. The maximum absolute atomic E-state index is 13.8. The van der Waals surface area contributed by atoms with E-state index in [0.29, 0.717) is 6.42 Å². The molecule has 0 fully saturated rings. The van der Waals surface area contributed by atoms with E-state index in [1.807, 2.05) is 0 Å². The summed E-state index contributed by atoms with van der Waals surface area (Å²) in [5, 5.41) is 9.64. The third kappa shape index (κ3) is 16.8. The van der Waals surface area contributed by atoms with E-state index in [1.54, 1.807) is 6.92 Å². The Balaban J connectivity index is 3.31. The number of hydrogen-bond acceptors (Lipinski definition) is 3. The van der Waals surface area contributed by atoms with E-state index in [9.17, 15) is 14.3 Å². The van der Waals surface area contributed by atoms with Gasteiger partial charge in [0.2, 0.25) is 0 Å². The maximum atomic E-state index is 13.8. The minimum absolute atomic E-state index is 0.242. The molecule has 0 radical (unpaired) electrons. The molecule has 0 aliphatic carbocycles. The van der Waals surface area contributed by atoms with Gasteiger partial charge in [0.05, 0.1) is 19.1 Å². The lowest BCUT2D eigenvalue weighted by molar-refractivity contribution is -0.146. The molecule has 0 unspecified atom stereocenters. The van der Waals surface area contributed by atoms with E-state index in [1.165, 1.54) is 70.6 Å². The zero-order chi connectivity index (χ0) is 19.5. The van der Waals surface area contributed by atoms with Crippen molar-refractivity contribution >= 4 is 5.97 Å². The molecule has 2 atom stereocenters. The molecule has 0 heterocycles. The second-order valence-corrected chi connectivity index (χ2v) is 7.48. The van der Waals surface area contributed by atoms with Crippen molar-refractivity contribution in [3.8, 4) is 0 Å². The number of rotatable bonds is 19. The van der Waals surface area contributed by atoms with Crippen molar-refractivity contribution in [1.82, 2.24) is 0 Å². The molecule has 0 aromatic carbocycles. The normalized spacial score (nSPS) is 13.5. The highest BCUT2D eigenvalue weighted by Gasteiger charge is 2.21. The number of aliphatic hydroxyl groups excluding tert-OH is 1. The molecular formula is C22H43FO3. The molecule has 0 aliphatic heterocycles. The Morgan fingerprint density at radius 1 is 0.808 bits per heavy atom. The van der Waals surface area contributed by atoms with Gasteiger partial charge in [-0.1, -0.05) is 96.8 Å². The summed E-state index contributed by atoms with van der Waals surface area (Å²) >= 11 is 0. The summed E-state index contributed by atoms with van der Waals surface area (Å²) < 4.78 is 18.5. The first-order chi connectivity index (χ1) is 12.6. The second kappa shape index (κ2) is 19.1. The summed E-state index contributed by atoms with van der Waals surface area (Å²) in [6, 6.07) is 0. The fourth-order valence-corrected chi connectivity index (χ4v) is 3.24. The molecule has 0 rings (SSSR count). The quantitative estimate of drug-likeness (QED) is 0.207. The van der Waals surface area contributed by atoms with Crippen molar-refractivity contribution in [1.29, 1.82) is 0 Å². The molecular weight excluding hydrogens is 331 g/mol. The minimum Gasteiger partial charge on any atom is -0.466 e. The lowest BCUT2D eigenvalue weighted by atomic mass is 10.0. The Labute approximate surface area is 161 Å². The van der Waals surface area contributed by atoms with Crippen LogP contribution < -0.4 is 0 Å². The molecule has 3 nitrogen and oxygen atoms in total. The Bertz CT molecular complexity index is 310. The Kier molecular flexibility index (Phi) is 18.7. The molecule has 26 heavy (non-hydrogen) atoms. The predicted octanol–water partition coefficient (Wildman–Crippen LogP) is 6.51. The van der Waals surface area contributed by atoms with Gasteiger partial charge >= 0.3 is 5.97 Å². The van der Waals surface area contributed by atoms with E-state index in [-0.39, 0.29) is 13.0 Å². The van der Waals surface area contributed by atoms with Crippen LogP contribution in [0.3, 0.4) is 0 Å². The summed E-state index contributed by atoms with van der Waals surface area (Å²) in [6.07, 6.45) is 15.3. The molecule has 0 bridgehead atoms. The highest BCUT2D eigenvalue weighted by molar-refractivity contribution is 5.69. The van der Waals surface area contributed by atoms with Crippen molar-refractivity contribution in [2.24, 2.45) is 0 Å². The first kappa shape index (κ1) is 25.4. The summed E-state index contributed by atoms with van der Waals surface area (Å²) in [7, 11) is 0. The van der Waals surface area contributed by atoms with Crippen molar-refractivity contribution in [2.45, 2.75) is 129 Å². The van der Waals surface area contributed by atoms with Crippen molar-refractivity contribution in [3.05, 3.63) is 0 Å². The summed E-state index contributed by atoms with van der Waals surface area (Å²) in [5.74, 6) is -0.524. The highest BCUT2D eigenvalue weighted by atomic mass is 19.1. The fourth-order valence-electron chi connectivity index (χ4n) is 3.24. The molecule has 156 valence electrons. The molecule has 0 aliphatic rings. The van der Waals surface area contributed by atoms with E-state index in [2.05, 4.69) is 6.92 Å². The SMILES string of the molecule is CCCCCCCCCCCCCCCC[C@@H](F)[C@H](O)CC(=O)OCC. The first-order valence-electron chi connectivity index (χ1n) is 11.1. The number of aliphatic hydroxyl groups is 1. The van der Waals surface area contributed by atoms with Crippen LogP contribution in [0.5, 0.6) is 0 Å². The van der Waals surface area contributed by atoms with Crippen LogP contribution in [0.4, 0.5) is 4.39 Å². The van der Waals surface area contributed by atoms with Gasteiger partial charge in [0.1, 0.15) is 6.17 Å². The maximum Gasteiger partial charge on any atom is 0.308 e. The number of unbranched alkanes of at least 4 members (excludes halogenated alkanes) is 13. The number of carbonyl (C=O) groups is 1. The number of esters is 1. The van der Waals surface area contributed by atoms with Crippen LogP contribution in [-0.2, 0) is 9.53 Å². The van der Waals surface area contributed by atoms with Gasteiger partial charge in [-0.2, -0.15) is 0 Å². The average Bonchev–Trinajstić information content (AvgIpc) is 2.61. The molecule has 0 amide bonds. The van der Waals surface area contributed by atoms with Crippen LogP contribution in [0.1, 0.15) is 117 Å². The third-order valence-corrected chi connectivity index (χ3v) is 4.93. The van der Waals surface area contributed by atoms with Gasteiger partial charge in [-0.15, -0.1) is 0 Å². The van der Waals surface area contributed by atoms with Gasteiger partial charge in [0.15, 0.2) is 0 Å². The van der Waals surface area contributed by atoms with Gasteiger partial charge in [-0.3, -0.25) is 4.79 Å². The lowest BCUT2D eigenvalue weighted by Crippen LogP contribution is -2.26. The molecule has 4 heteroatoms. The second-order valence-electron chi connectivity index (χ2n) is 7.48. The van der Waals surface area contributed by atoms with E-state index < -0.39 is 18.2 Å². The molecule has 0 aromatic rings. The smallest absolute Gasteiger partial charge is 0.308 e. The Morgan fingerprint density at radius 2 is 1.23 bits per heavy atom. The molecule has 0 saturated heterocycles. The Hall–Kier alpha value is -0.640. The number of hydrogen-bond donors (Lipinski definition) is 1. The van der Waals surface area contributed by atoms with Crippen LogP contribution in [0.2, 0.25) is 0 Å². The lowest BCUT2D eigenvalue weighted by Gasteiger charge is -2.14. The number of halogens is 1. The third-order valence-electron chi connectivity index (χ3n) is 4.93. The van der Waals surface area contributed by atoms with Crippen LogP contribution >= 0.6 is 0 Å². The highest BCUT2D eigenvalue weighted by Crippen LogP contribution is 2.16. The summed E-state index contributed by atoms with van der Waals surface area (Å²) in [4.78, 5) is 11.2. The monoisotopic (exact) mass is 374 g/mol. The zero-order valence-electron chi connectivity index (χ0n) is 17.3. The van der Waals surface area contributed by atoms with Gasteiger partial charge in [-0.25, -0.2) is 4.39 Å². The number of alkyl halides is 1. The van der Waals surface area contributed by atoms with Crippen LogP contribution in [0, 0.1) is 0 Å². The molecule has 0 saturated carbocycles. The summed E-state index contributed by atoms with van der Waals surface area (Å²) in [5.41, 5.74) is 0. The number of ether oxygens (including phenoxy) is 1. The van der Waals surface area contributed by atoms with Crippen LogP contribution in [0.15, 0.2) is 0 Å². The number of carbonyl (C=O) groups excluding carboxylic acids is 1. The fraction of sp³-hybridized carbons (Fsp3) is 0.955. The van der Waals surface area contributed by atoms with E-state index in [4.69, 9.17) is 4.74 Å². The molecule has 0 aromatic heterocycles. The zero-order valence-corrected chi connectivity index (χ0v) is 17.3. The predicted molar refractivity (Wildman–Crippen MR) is 107 cm³/mol. The van der Waals surface area contributed by atoms with Crippen molar-refractivity contribution < 1.29 is 19.0 Å². The molecule has 0 spiro atoms. The largest absolute Gasteiger partial charge is 0.466 e. The average molecular weight is 375 g/mol. The standard InChI is InChI=1S/C22H43FO3/c1-3-5-6-7-8-9-10-11-12-13-14-15-16-17-18-20(23)21(24)19-22(25)26-4-2/h20-21,24H,3-19H2,1-2H3/t20-,21-/m1/s1. The van der Waals surface area contributed by atoms with Gasteiger partial charge in [-0.05, 0) is 13.3 Å². The van der Waals surface area contributed by atoms with E-state index >= 15 is 0 Å². The van der Waals surface area contributed by atoms with Crippen molar-refractivity contribution in [2.75, 3.05) is 6.61 Å².